The smallest absolute Gasteiger partial charge is 0.410 e. The highest BCUT2D eigenvalue weighted by atomic mass is 32.1. The quantitative estimate of drug-likeness (QED) is 0.814. The first-order valence-corrected chi connectivity index (χ1v) is 9.16. The summed E-state index contributed by atoms with van der Waals surface area (Å²) in [7, 11) is 0. The van der Waals surface area contributed by atoms with Gasteiger partial charge in [0, 0.05) is 26.2 Å². The molecule has 0 radical (unpaired) electrons. The van der Waals surface area contributed by atoms with Gasteiger partial charge in [-0.05, 0) is 32.9 Å². The van der Waals surface area contributed by atoms with Crippen molar-refractivity contribution in [2.75, 3.05) is 32.8 Å². The van der Waals surface area contributed by atoms with Gasteiger partial charge in [0.2, 0.25) is 0 Å². The molecule has 0 N–H and O–H groups in total. The molecular formula is C17H22N4O4S. The van der Waals surface area contributed by atoms with Crippen molar-refractivity contribution in [3.05, 3.63) is 18.2 Å². The normalized spacial score (nSPS) is 15.2. The lowest BCUT2D eigenvalue weighted by Gasteiger charge is -2.35. The summed E-state index contributed by atoms with van der Waals surface area (Å²) in [6, 6.07) is 5.45. The van der Waals surface area contributed by atoms with Crippen molar-refractivity contribution < 1.29 is 19.1 Å². The Bertz CT molecular complexity index is 793. The maximum Gasteiger partial charge on any atom is 0.410 e. The first-order chi connectivity index (χ1) is 12.3. The lowest BCUT2D eigenvalue weighted by atomic mass is 10.2. The van der Waals surface area contributed by atoms with Gasteiger partial charge in [0.25, 0.3) is 5.91 Å². The van der Waals surface area contributed by atoms with E-state index in [1.54, 1.807) is 15.9 Å². The average molecular weight is 378 g/mol. The Balaban J connectivity index is 1.50. The van der Waals surface area contributed by atoms with Crippen LogP contribution in [0.4, 0.5) is 4.79 Å². The predicted octanol–water partition coefficient (Wildman–Crippen LogP) is 2.15. The number of carbonyl (C=O) groups excluding carboxylic acids is 2. The van der Waals surface area contributed by atoms with Crippen LogP contribution in [0.5, 0.6) is 5.75 Å². The maximum absolute atomic E-state index is 12.4. The van der Waals surface area contributed by atoms with Gasteiger partial charge < -0.3 is 19.3 Å². The highest BCUT2D eigenvalue weighted by Gasteiger charge is 2.27. The number of hydrogen-bond acceptors (Lipinski definition) is 7. The third-order valence-corrected chi connectivity index (χ3v) is 4.43. The van der Waals surface area contributed by atoms with E-state index in [-0.39, 0.29) is 18.6 Å². The van der Waals surface area contributed by atoms with Crippen LogP contribution in [0.25, 0.3) is 11.0 Å². The van der Waals surface area contributed by atoms with Gasteiger partial charge in [-0.3, -0.25) is 4.79 Å². The van der Waals surface area contributed by atoms with Crippen molar-refractivity contribution in [3.8, 4) is 5.75 Å². The molecule has 26 heavy (non-hydrogen) atoms. The van der Waals surface area contributed by atoms with Crippen molar-refractivity contribution in [1.29, 1.82) is 0 Å². The van der Waals surface area contributed by atoms with E-state index in [1.165, 1.54) is 0 Å². The Labute approximate surface area is 156 Å². The fraction of sp³-hybridized carbons (Fsp3) is 0.529. The number of ether oxygens (including phenoxy) is 2. The van der Waals surface area contributed by atoms with Gasteiger partial charge in [-0.2, -0.15) is 8.75 Å². The van der Waals surface area contributed by atoms with Crippen LogP contribution in [0.15, 0.2) is 18.2 Å². The molecule has 1 aromatic carbocycles. The minimum atomic E-state index is -0.524. The van der Waals surface area contributed by atoms with Crippen LogP contribution in [-0.4, -0.2) is 68.9 Å². The van der Waals surface area contributed by atoms with E-state index in [0.717, 1.165) is 17.2 Å². The van der Waals surface area contributed by atoms with Gasteiger partial charge >= 0.3 is 6.09 Å². The zero-order valence-corrected chi connectivity index (χ0v) is 15.9. The number of carbonyl (C=O) groups is 2. The summed E-state index contributed by atoms with van der Waals surface area (Å²) in [5.74, 6) is 0.436. The lowest BCUT2D eigenvalue weighted by molar-refractivity contribution is -0.135. The van der Waals surface area contributed by atoms with Gasteiger partial charge in [0.1, 0.15) is 22.4 Å². The van der Waals surface area contributed by atoms with Gasteiger partial charge in [0.15, 0.2) is 6.61 Å². The third-order valence-electron chi connectivity index (χ3n) is 3.88. The van der Waals surface area contributed by atoms with Crippen molar-refractivity contribution in [1.82, 2.24) is 18.5 Å². The predicted molar refractivity (Wildman–Crippen MR) is 97.3 cm³/mol. The molecule has 3 rings (SSSR count). The molecule has 1 aromatic heterocycles. The van der Waals surface area contributed by atoms with Crippen molar-refractivity contribution in [3.63, 3.8) is 0 Å². The van der Waals surface area contributed by atoms with Gasteiger partial charge in [-0.15, -0.1) is 0 Å². The van der Waals surface area contributed by atoms with Crippen LogP contribution in [0.2, 0.25) is 0 Å². The Hall–Kier alpha value is -2.42. The first kappa shape index (κ1) is 18.4. The largest absolute Gasteiger partial charge is 0.481 e. The Kier molecular flexibility index (Phi) is 5.26. The second kappa shape index (κ2) is 7.45. The minimum absolute atomic E-state index is 0.0664. The molecule has 0 bridgehead atoms. The van der Waals surface area contributed by atoms with Crippen molar-refractivity contribution in [2.45, 2.75) is 26.4 Å². The van der Waals surface area contributed by atoms with Crippen LogP contribution in [0, 0.1) is 0 Å². The van der Waals surface area contributed by atoms with Crippen LogP contribution < -0.4 is 4.74 Å². The summed E-state index contributed by atoms with van der Waals surface area (Å²) in [5, 5.41) is 0. The van der Waals surface area contributed by atoms with Crippen LogP contribution in [0.3, 0.4) is 0 Å². The molecule has 1 aliphatic rings. The van der Waals surface area contributed by atoms with E-state index in [4.69, 9.17) is 9.47 Å². The zero-order valence-electron chi connectivity index (χ0n) is 15.1. The minimum Gasteiger partial charge on any atom is -0.481 e. The topological polar surface area (TPSA) is 84.9 Å². The van der Waals surface area contributed by atoms with E-state index in [9.17, 15) is 9.59 Å². The SMILES string of the molecule is CC(C)(C)OC(=O)N1CCN(C(=O)COc2cccc3nsnc23)CC1. The van der Waals surface area contributed by atoms with Crippen molar-refractivity contribution >= 4 is 34.8 Å². The number of hydrogen-bond donors (Lipinski definition) is 0. The Morgan fingerprint density at radius 1 is 1.12 bits per heavy atom. The lowest BCUT2D eigenvalue weighted by Crippen LogP contribution is -2.52. The first-order valence-electron chi connectivity index (χ1n) is 8.43. The molecule has 1 fully saturated rings. The number of piperazine rings is 1. The number of rotatable bonds is 3. The van der Waals surface area contributed by atoms with E-state index >= 15 is 0 Å². The molecular weight excluding hydrogens is 356 g/mol. The Morgan fingerprint density at radius 2 is 1.81 bits per heavy atom. The summed E-state index contributed by atoms with van der Waals surface area (Å²) < 4.78 is 19.3. The number of nitrogens with zero attached hydrogens (tertiary/aromatic N) is 4. The number of amides is 2. The summed E-state index contributed by atoms with van der Waals surface area (Å²) in [5.41, 5.74) is 0.898. The molecule has 2 heterocycles. The summed E-state index contributed by atoms with van der Waals surface area (Å²) >= 11 is 1.11. The van der Waals surface area contributed by atoms with E-state index in [2.05, 4.69) is 8.75 Å². The molecule has 2 aromatic rings. The van der Waals surface area contributed by atoms with Crippen LogP contribution in [-0.2, 0) is 9.53 Å². The second-order valence-corrected chi connectivity index (χ2v) is 7.55. The third kappa shape index (κ3) is 4.40. The van der Waals surface area contributed by atoms with E-state index in [1.807, 2.05) is 32.9 Å². The summed E-state index contributed by atoms with van der Waals surface area (Å²) in [6.45, 7) is 7.26. The zero-order chi connectivity index (χ0) is 18.7. The van der Waals surface area contributed by atoms with E-state index < -0.39 is 5.60 Å². The fourth-order valence-electron chi connectivity index (χ4n) is 2.59. The molecule has 0 saturated carbocycles. The molecule has 140 valence electrons. The fourth-order valence-corrected chi connectivity index (χ4v) is 3.13. The summed E-state index contributed by atoms with van der Waals surface area (Å²) in [6.07, 6.45) is -0.344. The highest BCUT2D eigenvalue weighted by molar-refractivity contribution is 7.00. The molecule has 8 nitrogen and oxygen atoms in total. The van der Waals surface area contributed by atoms with Gasteiger partial charge in [0.05, 0.1) is 11.7 Å². The molecule has 0 aliphatic carbocycles. The van der Waals surface area contributed by atoms with Crippen LogP contribution >= 0.6 is 11.7 Å². The molecule has 0 atom stereocenters. The van der Waals surface area contributed by atoms with Gasteiger partial charge in [-0.1, -0.05) is 6.07 Å². The maximum atomic E-state index is 12.4. The summed E-state index contributed by atoms with van der Waals surface area (Å²) in [4.78, 5) is 27.8. The number of benzene rings is 1. The number of aromatic nitrogens is 2. The molecule has 9 heteroatoms. The molecule has 1 saturated heterocycles. The highest BCUT2D eigenvalue weighted by Crippen LogP contribution is 2.23. The molecule has 0 unspecified atom stereocenters. The van der Waals surface area contributed by atoms with Gasteiger partial charge in [-0.25, -0.2) is 4.79 Å². The molecule has 0 spiro atoms. The monoisotopic (exact) mass is 378 g/mol. The molecule has 1 aliphatic heterocycles. The van der Waals surface area contributed by atoms with E-state index in [0.29, 0.717) is 37.4 Å². The number of fused-ring (bicyclic) bond motifs is 1. The standard InChI is InChI=1S/C17H22N4O4S/c1-17(2,3)25-16(23)21-9-7-20(8-10-21)14(22)11-24-13-6-4-5-12-15(13)19-26-18-12/h4-6H,7-11H2,1-3H3. The molecule has 2 amide bonds. The van der Waals surface area contributed by atoms with Crippen LogP contribution in [0.1, 0.15) is 20.8 Å². The van der Waals surface area contributed by atoms with Crippen molar-refractivity contribution in [2.24, 2.45) is 0 Å². The second-order valence-electron chi connectivity index (χ2n) is 7.02. The average Bonchev–Trinajstić information content (AvgIpc) is 3.07. The Morgan fingerprint density at radius 3 is 2.50 bits per heavy atom.